The van der Waals surface area contributed by atoms with Crippen molar-refractivity contribution in [2.45, 2.75) is 6.04 Å². The lowest BCUT2D eigenvalue weighted by Gasteiger charge is -2.14. The Morgan fingerprint density at radius 1 is 0.935 bits per heavy atom. The number of hydrogen-bond donors (Lipinski definition) is 3. The second-order valence-electron chi connectivity index (χ2n) is 6.90. The number of nitrogens with two attached hydrogens (primary N) is 1. The number of amides is 2. The fourth-order valence-electron chi connectivity index (χ4n) is 3.12. The highest BCUT2D eigenvalue weighted by molar-refractivity contribution is 6.05. The average Bonchev–Trinajstić information content (AvgIpc) is 2.82. The third-order valence-corrected chi connectivity index (χ3v) is 4.81. The minimum atomic E-state index is -0.428. The van der Waals surface area contributed by atoms with E-state index in [0.717, 1.165) is 10.9 Å². The summed E-state index contributed by atoms with van der Waals surface area (Å²) in [6.07, 6.45) is 4.66. The van der Waals surface area contributed by atoms with Crippen molar-refractivity contribution in [1.82, 2.24) is 20.5 Å². The molecule has 4 N–H and O–H groups in total. The lowest BCUT2D eigenvalue weighted by atomic mass is 10.0. The zero-order chi connectivity index (χ0) is 21.6. The second kappa shape index (κ2) is 9.10. The first-order chi connectivity index (χ1) is 15.1. The molecule has 1 atom stereocenters. The summed E-state index contributed by atoms with van der Waals surface area (Å²) < 4.78 is 0. The van der Waals surface area contributed by atoms with Crippen LogP contribution in [0.2, 0.25) is 0 Å². The Hall–Kier alpha value is -4.17. The first kappa shape index (κ1) is 20.1. The van der Waals surface area contributed by atoms with E-state index in [1.165, 1.54) is 6.20 Å². The maximum absolute atomic E-state index is 12.6. The molecule has 31 heavy (non-hydrogen) atoms. The summed E-state index contributed by atoms with van der Waals surface area (Å²) >= 11 is 0. The summed E-state index contributed by atoms with van der Waals surface area (Å²) in [6.45, 7) is 0.234. The van der Waals surface area contributed by atoms with Gasteiger partial charge >= 0.3 is 0 Å². The smallest absolute Gasteiger partial charge is 0.255 e. The number of pyridine rings is 1. The van der Waals surface area contributed by atoms with Gasteiger partial charge in [-0.05, 0) is 35.9 Å². The number of benzene rings is 2. The van der Waals surface area contributed by atoms with Crippen LogP contribution in [0.15, 0.2) is 79.3 Å². The van der Waals surface area contributed by atoms with E-state index >= 15 is 0 Å². The van der Waals surface area contributed by atoms with Gasteiger partial charge in [0.25, 0.3) is 11.8 Å². The summed E-state index contributed by atoms with van der Waals surface area (Å²) in [7, 11) is 0. The molecule has 0 radical (unpaired) electrons. The van der Waals surface area contributed by atoms with Gasteiger partial charge in [0, 0.05) is 41.6 Å². The number of carbonyl (C=O) groups is 2. The summed E-state index contributed by atoms with van der Waals surface area (Å²) in [5.41, 5.74) is 9.31. The number of anilines is 1. The molecule has 8 nitrogen and oxygen atoms in total. The van der Waals surface area contributed by atoms with Crippen molar-refractivity contribution in [1.29, 1.82) is 0 Å². The molecule has 0 aliphatic rings. The van der Waals surface area contributed by atoms with Crippen molar-refractivity contribution in [3.8, 4) is 0 Å². The predicted molar refractivity (Wildman–Crippen MR) is 117 cm³/mol. The number of aromatic nitrogens is 3. The van der Waals surface area contributed by atoms with E-state index in [9.17, 15) is 9.59 Å². The first-order valence-electron chi connectivity index (χ1n) is 9.67. The Morgan fingerprint density at radius 2 is 1.68 bits per heavy atom. The van der Waals surface area contributed by atoms with Gasteiger partial charge in [-0.25, -0.2) is 0 Å². The van der Waals surface area contributed by atoms with Gasteiger partial charge in [0.2, 0.25) is 0 Å². The van der Waals surface area contributed by atoms with Crippen LogP contribution in [-0.4, -0.2) is 33.5 Å². The third kappa shape index (κ3) is 4.71. The molecule has 2 heterocycles. The van der Waals surface area contributed by atoms with E-state index in [1.807, 2.05) is 18.2 Å². The lowest BCUT2D eigenvalue weighted by Crippen LogP contribution is -2.32. The Bertz CT molecular complexity index is 1210. The van der Waals surface area contributed by atoms with Gasteiger partial charge < -0.3 is 16.4 Å². The molecule has 1 unspecified atom stereocenters. The van der Waals surface area contributed by atoms with Gasteiger partial charge in [0.15, 0.2) is 0 Å². The molecule has 0 saturated heterocycles. The molecule has 4 aromatic rings. The van der Waals surface area contributed by atoms with Crippen LogP contribution in [0.5, 0.6) is 0 Å². The minimum absolute atomic E-state index is 0.225. The molecule has 0 spiro atoms. The Balaban J connectivity index is 1.38. The van der Waals surface area contributed by atoms with Crippen molar-refractivity contribution in [3.63, 3.8) is 0 Å². The van der Waals surface area contributed by atoms with Crippen molar-refractivity contribution in [2.24, 2.45) is 5.73 Å². The first-order valence-corrected chi connectivity index (χ1v) is 9.67. The van der Waals surface area contributed by atoms with Crippen molar-refractivity contribution in [2.75, 3.05) is 11.9 Å². The molecular formula is C23H20N6O2. The van der Waals surface area contributed by atoms with Crippen LogP contribution in [0, 0.1) is 0 Å². The fraction of sp³-hybridized carbons (Fsp3) is 0.0870. The molecule has 0 fully saturated rings. The molecule has 0 bridgehead atoms. The lowest BCUT2D eigenvalue weighted by molar-refractivity contribution is 0.0951. The van der Waals surface area contributed by atoms with Crippen LogP contribution in [0.1, 0.15) is 32.3 Å². The van der Waals surface area contributed by atoms with Crippen molar-refractivity contribution >= 4 is 28.4 Å². The normalized spacial score (nSPS) is 11.6. The molecule has 154 valence electrons. The zero-order valence-corrected chi connectivity index (χ0v) is 16.5. The topological polar surface area (TPSA) is 123 Å². The molecule has 2 aromatic carbocycles. The number of carbonyl (C=O) groups excluding carboxylic acids is 2. The van der Waals surface area contributed by atoms with Gasteiger partial charge in [-0.3, -0.25) is 14.6 Å². The molecule has 0 saturated carbocycles. The van der Waals surface area contributed by atoms with Crippen LogP contribution in [0.3, 0.4) is 0 Å². The minimum Gasteiger partial charge on any atom is -0.350 e. The van der Waals surface area contributed by atoms with Crippen molar-refractivity contribution in [3.05, 3.63) is 95.9 Å². The van der Waals surface area contributed by atoms with E-state index in [1.54, 1.807) is 54.9 Å². The molecule has 2 amide bonds. The summed E-state index contributed by atoms with van der Waals surface area (Å²) in [5, 5.41) is 14.3. The number of nitrogens with zero attached hydrogens (tertiary/aromatic N) is 3. The van der Waals surface area contributed by atoms with Gasteiger partial charge in [-0.2, -0.15) is 10.2 Å². The maximum Gasteiger partial charge on any atom is 0.255 e. The van der Waals surface area contributed by atoms with Crippen LogP contribution >= 0.6 is 0 Å². The Morgan fingerprint density at radius 3 is 2.45 bits per heavy atom. The number of nitrogens with one attached hydrogen (secondary N) is 2. The van der Waals surface area contributed by atoms with Gasteiger partial charge in [-0.15, -0.1) is 0 Å². The van der Waals surface area contributed by atoms with Gasteiger partial charge in [-0.1, -0.05) is 30.3 Å². The molecule has 4 rings (SSSR count). The van der Waals surface area contributed by atoms with E-state index in [-0.39, 0.29) is 18.4 Å². The highest BCUT2D eigenvalue weighted by Crippen LogP contribution is 2.16. The number of fused-ring (bicyclic) bond motifs is 1. The standard InChI is InChI=1S/C23H20N6O2/c24-20(14-26-23(31)19-13-27-29-21-4-2-1-3-18(19)21)15-5-7-16(8-6-15)22(30)28-17-9-11-25-12-10-17/h1-13,20H,14,24H2,(H,26,31)(H,25,28,30). The second-order valence-corrected chi connectivity index (χ2v) is 6.90. The van der Waals surface area contributed by atoms with Gasteiger partial charge in [0.05, 0.1) is 17.3 Å². The largest absolute Gasteiger partial charge is 0.350 e. The van der Waals surface area contributed by atoms with Crippen LogP contribution in [-0.2, 0) is 0 Å². The average molecular weight is 412 g/mol. The van der Waals surface area contributed by atoms with Gasteiger partial charge in [0.1, 0.15) is 0 Å². The highest BCUT2D eigenvalue weighted by Gasteiger charge is 2.14. The van der Waals surface area contributed by atoms with Crippen LogP contribution in [0.25, 0.3) is 10.9 Å². The highest BCUT2D eigenvalue weighted by atomic mass is 16.2. The molecule has 2 aromatic heterocycles. The third-order valence-electron chi connectivity index (χ3n) is 4.81. The molecule has 0 aliphatic carbocycles. The van der Waals surface area contributed by atoms with E-state index in [0.29, 0.717) is 22.3 Å². The molecule has 0 aliphatic heterocycles. The van der Waals surface area contributed by atoms with Crippen LogP contribution < -0.4 is 16.4 Å². The summed E-state index contributed by atoms with van der Waals surface area (Å²) in [6, 6.07) is 17.3. The SMILES string of the molecule is NC(CNC(=O)c1cnnc2ccccc12)c1ccc(C(=O)Nc2ccncc2)cc1. The van der Waals surface area contributed by atoms with E-state index in [4.69, 9.17) is 5.73 Å². The number of rotatable bonds is 6. The Kier molecular flexibility index (Phi) is 5.91. The zero-order valence-electron chi connectivity index (χ0n) is 16.5. The van der Waals surface area contributed by atoms with Crippen LogP contribution in [0.4, 0.5) is 5.69 Å². The van der Waals surface area contributed by atoms with E-state index < -0.39 is 6.04 Å². The number of hydrogen-bond acceptors (Lipinski definition) is 6. The molecule has 8 heteroatoms. The van der Waals surface area contributed by atoms with E-state index in [2.05, 4.69) is 25.8 Å². The maximum atomic E-state index is 12.6. The quantitative estimate of drug-likeness (QED) is 0.447. The predicted octanol–water partition coefficient (Wildman–Crippen LogP) is 2.71. The summed E-state index contributed by atoms with van der Waals surface area (Å²) in [5.74, 6) is -0.494. The fourth-order valence-corrected chi connectivity index (χ4v) is 3.12. The van der Waals surface area contributed by atoms with Crippen molar-refractivity contribution < 1.29 is 9.59 Å². The Labute approximate surface area is 178 Å². The molecular weight excluding hydrogens is 392 g/mol. The monoisotopic (exact) mass is 412 g/mol. The summed E-state index contributed by atoms with van der Waals surface area (Å²) in [4.78, 5) is 28.9.